The van der Waals surface area contributed by atoms with Crippen LogP contribution in [0.5, 0.6) is 0 Å². The highest BCUT2D eigenvalue weighted by molar-refractivity contribution is 5.70. The monoisotopic (exact) mass is 216 g/mol. The normalized spacial score (nSPS) is 10.4. The fourth-order valence-electron chi connectivity index (χ4n) is 1.89. The van der Waals surface area contributed by atoms with Crippen molar-refractivity contribution in [2.75, 3.05) is 5.73 Å². The van der Waals surface area contributed by atoms with Crippen LogP contribution in [0.2, 0.25) is 0 Å². The van der Waals surface area contributed by atoms with E-state index in [9.17, 15) is 4.39 Å². The molecule has 2 rings (SSSR count). The van der Waals surface area contributed by atoms with Crippen molar-refractivity contribution in [2.45, 2.75) is 13.8 Å². The quantitative estimate of drug-likeness (QED) is 0.795. The molecule has 0 aliphatic heterocycles. The molecule has 1 heterocycles. The standard InChI is InChI=1S/C13H13FN2/c1-8-5-9(2)13(11(14)6-8)10-3-4-16-12(15)7-10/h3-7H,1-2H3,(H2,15,16). The maximum atomic E-state index is 13.9. The summed E-state index contributed by atoms with van der Waals surface area (Å²) < 4.78 is 13.9. The summed E-state index contributed by atoms with van der Waals surface area (Å²) in [5.41, 5.74) is 8.78. The summed E-state index contributed by atoms with van der Waals surface area (Å²) in [7, 11) is 0. The second-order valence-corrected chi connectivity index (χ2v) is 3.91. The number of rotatable bonds is 1. The highest BCUT2D eigenvalue weighted by Crippen LogP contribution is 2.28. The van der Waals surface area contributed by atoms with Gasteiger partial charge in [0, 0.05) is 11.8 Å². The van der Waals surface area contributed by atoms with Gasteiger partial charge in [-0.05, 0) is 48.7 Å². The van der Waals surface area contributed by atoms with Gasteiger partial charge in [-0.1, -0.05) is 6.07 Å². The van der Waals surface area contributed by atoms with Crippen molar-refractivity contribution < 1.29 is 4.39 Å². The van der Waals surface area contributed by atoms with E-state index in [4.69, 9.17) is 5.73 Å². The van der Waals surface area contributed by atoms with E-state index in [0.29, 0.717) is 11.4 Å². The molecule has 1 aromatic carbocycles. The lowest BCUT2D eigenvalue weighted by Crippen LogP contribution is -1.94. The lowest BCUT2D eigenvalue weighted by molar-refractivity contribution is 0.629. The topological polar surface area (TPSA) is 38.9 Å². The highest BCUT2D eigenvalue weighted by atomic mass is 19.1. The molecule has 3 heteroatoms. The molecule has 82 valence electrons. The van der Waals surface area contributed by atoms with Crippen molar-refractivity contribution in [1.82, 2.24) is 4.98 Å². The summed E-state index contributed by atoms with van der Waals surface area (Å²) in [6.45, 7) is 3.77. The predicted molar refractivity (Wildman–Crippen MR) is 63.5 cm³/mol. The molecule has 0 aliphatic carbocycles. The maximum Gasteiger partial charge on any atom is 0.131 e. The van der Waals surface area contributed by atoms with Crippen LogP contribution in [0, 0.1) is 19.7 Å². The third-order valence-corrected chi connectivity index (χ3v) is 2.50. The number of anilines is 1. The van der Waals surface area contributed by atoms with Gasteiger partial charge in [-0.2, -0.15) is 0 Å². The van der Waals surface area contributed by atoms with Crippen LogP contribution in [-0.2, 0) is 0 Å². The first-order valence-electron chi connectivity index (χ1n) is 5.06. The Balaban J connectivity index is 2.64. The van der Waals surface area contributed by atoms with Crippen LogP contribution in [-0.4, -0.2) is 4.98 Å². The van der Waals surface area contributed by atoms with Gasteiger partial charge in [-0.15, -0.1) is 0 Å². The highest BCUT2D eigenvalue weighted by Gasteiger charge is 2.09. The molecule has 0 saturated carbocycles. The molecule has 0 atom stereocenters. The first-order valence-corrected chi connectivity index (χ1v) is 5.06. The Bertz CT molecular complexity index is 512. The molecule has 2 nitrogen and oxygen atoms in total. The van der Waals surface area contributed by atoms with Crippen LogP contribution < -0.4 is 5.73 Å². The van der Waals surface area contributed by atoms with Crippen molar-refractivity contribution >= 4 is 5.82 Å². The number of aromatic nitrogens is 1. The molecule has 0 amide bonds. The van der Waals surface area contributed by atoms with Crippen LogP contribution >= 0.6 is 0 Å². The minimum absolute atomic E-state index is 0.219. The van der Waals surface area contributed by atoms with Gasteiger partial charge >= 0.3 is 0 Å². The van der Waals surface area contributed by atoms with E-state index in [1.54, 1.807) is 18.3 Å². The van der Waals surface area contributed by atoms with Gasteiger partial charge in [0.15, 0.2) is 0 Å². The first kappa shape index (κ1) is 10.6. The van der Waals surface area contributed by atoms with Crippen molar-refractivity contribution in [1.29, 1.82) is 0 Å². The Morgan fingerprint density at radius 2 is 1.94 bits per heavy atom. The van der Waals surface area contributed by atoms with E-state index in [-0.39, 0.29) is 5.82 Å². The molecule has 2 N–H and O–H groups in total. The van der Waals surface area contributed by atoms with Gasteiger partial charge in [0.1, 0.15) is 11.6 Å². The van der Waals surface area contributed by atoms with Crippen molar-refractivity contribution in [3.05, 3.63) is 47.4 Å². The Morgan fingerprint density at radius 3 is 2.56 bits per heavy atom. The third kappa shape index (κ3) is 1.89. The molecule has 16 heavy (non-hydrogen) atoms. The number of nitrogens with zero attached hydrogens (tertiary/aromatic N) is 1. The zero-order valence-corrected chi connectivity index (χ0v) is 9.29. The van der Waals surface area contributed by atoms with Crippen molar-refractivity contribution in [2.24, 2.45) is 0 Å². The Kier molecular flexibility index (Phi) is 2.60. The molecule has 0 unspecified atom stereocenters. The van der Waals surface area contributed by atoms with Gasteiger partial charge < -0.3 is 5.73 Å². The molecule has 0 fully saturated rings. The van der Waals surface area contributed by atoms with Crippen LogP contribution in [0.4, 0.5) is 10.2 Å². The summed E-state index contributed by atoms with van der Waals surface area (Å²) >= 11 is 0. The summed E-state index contributed by atoms with van der Waals surface area (Å²) in [4.78, 5) is 3.90. The van der Waals surface area contributed by atoms with Gasteiger partial charge in [-0.3, -0.25) is 0 Å². The molecular weight excluding hydrogens is 203 g/mol. The lowest BCUT2D eigenvalue weighted by Gasteiger charge is -2.09. The van der Waals surface area contributed by atoms with E-state index < -0.39 is 0 Å². The number of aryl methyl sites for hydroxylation is 2. The van der Waals surface area contributed by atoms with Gasteiger partial charge in [-0.25, -0.2) is 9.37 Å². The van der Waals surface area contributed by atoms with Gasteiger partial charge in [0.05, 0.1) is 0 Å². The molecular formula is C13H13FN2. The van der Waals surface area contributed by atoms with E-state index >= 15 is 0 Å². The summed E-state index contributed by atoms with van der Waals surface area (Å²) in [6, 6.07) is 6.92. The largest absolute Gasteiger partial charge is 0.384 e. The number of nitrogen functional groups attached to an aromatic ring is 1. The van der Waals surface area contributed by atoms with Crippen molar-refractivity contribution in [3.8, 4) is 11.1 Å². The number of nitrogens with two attached hydrogens (primary N) is 1. The number of benzene rings is 1. The average Bonchev–Trinajstić information content (AvgIpc) is 2.15. The van der Waals surface area contributed by atoms with Crippen LogP contribution in [0.15, 0.2) is 30.5 Å². The zero-order chi connectivity index (χ0) is 11.7. The minimum Gasteiger partial charge on any atom is -0.384 e. The first-order chi connectivity index (χ1) is 7.58. The van der Waals surface area contributed by atoms with Crippen LogP contribution in [0.25, 0.3) is 11.1 Å². The number of halogens is 1. The third-order valence-electron chi connectivity index (χ3n) is 2.50. The molecule has 1 aromatic heterocycles. The van der Waals surface area contributed by atoms with E-state index in [1.807, 2.05) is 19.9 Å². The maximum absolute atomic E-state index is 13.9. The summed E-state index contributed by atoms with van der Waals surface area (Å²) in [5, 5.41) is 0. The second-order valence-electron chi connectivity index (χ2n) is 3.91. The number of hydrogen-bond donors (Lipinski definition) is 1. The Hall–Kier alpha value is -1.90. The second kappa shape index (κ2) is 3.93. The van der Waals surface area contributed by atoms with Gasteiger partial charge in [0.25, 0.3) is 0 Å². The Labute approximate surface area is 93.9 Å². The average molecular weight is 216 g/mol. The lowest BCUT2D eigenvalue weighted by atomic mass is 9.99. The van der Waals surface area contributed by atoms with E-state index in [0.717, 1.165) is 16.7 Å². The predicted octanol–water partition coefficient (Wildman–Crippen LogP) is 3.09. The van der Waals surface area contributed by atoms with Crippen molar-refractivity contribution in [3.63, 3.8) is 0 Å². The Morgan fingerprint density at radius 1 is 1.19 bits per heavy atom. The fraction of sp³-hybridized carbons (Fsp3) is 0.154. The molecule has 0 radical (unpaired) electrons. The molecule has 0 saturated heterocycles. The number of pyridine rings is 1. The van der Waals surface area contributed by atoms with Crippen LogP contribution in [0.3, 0.4) is 0 Å². The van der Waals surface area contributed by atoms with E-state index in [1.165, 1.54) is 6.07 Å². The smallest absolute Gasteiger partial charge is 0.131 e. The molecule has 2 aromatic rings. The number of hydrogen-bond acceptors (Lipinski definition) is 2. The molecule has 0 aliphatic rings. The fourth-order valence-corrected chi connectivity index (χ4v) is 1.89. The van der Waals surface area contributed by atoms with Crippen LogP contribution in [0.1, 0.15) is 11.1 Å². The minimum atomic E-state index is -0.219. The zero-order valence-electron chi connectivity index (χ0n) is 9.29. The van der Waals surface area contributed by atoms with Gasteiger partial charge in [0.2, 0.25) is 0 Å². The molecule has 0 spiro atoms. The molecule has 0 bridgehead atoms. The van der Waals surface area contributed by atoms with E-state index in [2.05, 4.69) is 4.98 Å². The summed E-state index contributed by atoms with van der Waals surface area (Å²) in [6.07, 6.45) is 1.59. The SMILES string of the molecule is Cc1cc(C)c(-c2ccnc(N)c2)c(F)c1. The summed E-state index contributed by atoms with van der Waals surface area (Å²) in [5.74, 6) is 0.181.